The number of phenols is 1. The van der Waals surface area contributed by atoms with Gasteiger partial charge in [-0.05, 0) is 36.6 Å². The van der Waals surface area contributed by atoms with Crippen molar-refractivity contribution >= 4 is 11.6 Å². The van der Waals surface area contributed by atoms with E-state index in [1.54, 1.807) is 18.2 Å². The molecule has 0 radical (unpaired) electrons. The zero-order chi connectivity index (χ0) is 13.7. The number of hydrogen-bond donors (Lipinski definition) is 2. The second-order valence-corrected chi connectivity index (χ2v) is 4.52. The van der Waals surface area contributed by atoms with Crippen LogP contribution in [0.15, 0.2) is 48.5 Å². The van der Waals surface area contributed by atoms with Crippen LogP contribution in [0.4, 0.5) is 5.69 Å². The van der Waals surface area contributed by atoms with Gasteiger partial charge in [0.15, 0.2) is 0 Å². The van der Waals surface area contributed by atoms with Gasteiger partial charge in [0, 0.05) is 18.2 Å². The molecular weight excluding hydrogens is 238 g/mol. The van der Waals surface area contributed by atoms with Crippen LogP contribution in [0.1, 0.15) is 17.5 Å². The van der Waals surface area contributed by atoms with Crippen molar-refractivity contribution in [3.8, 4) is 5.75 Å². The fourth-order valence-corrected chi connectivity index (χ4v) is 1.95. The molecule has 2 rings (SSSR count). The van der Waals surface area contributed by atoms with Gasteiger partial charge in [-0.2, -0.15) is 0 Å². The van der Waals surface area contributed by atoms with E-state index in [2.05, 4.69) is 5.32 Å². The maximum atomic E-state index is 11.8. The number of rotatable bonds is 4. The number of nitrogens with one attached hydrogen (secondary N) is 1. The van der Waals surface area contributed by atoms with E-state index in [0.717, 1.165) is 6.42 Å². The molecule has 2 aromatic carbocycles. The fourth-order valence-electron chi connectivity index (χ4n) is 1.95. The summed E-state index contributed by atoms with van der Waals surface area (Å²) < 4.78 is 0. The Morgan fingerprint density at radius 1 is 1.16 bits per heavy atom. The number of hydrogen-bond acceptors (Lipinski definition) is 2. The van der Waals surface area contributed by atoms with Crippen LogP contribution in [0.2, 0.25) is 0 Å². The Morgan fingerprint density at radius 2 is 1.95 bits per heavy atom. The highest BCUT2D eigenvalue weighted by Crippen LogP contribution is 2.16. The summed E-state index contributed by atoms with van der Waals surface area (Å²) in [6, 6.07) is 14.6. The highest BCUT2D eigenvalue weighted by molar-refractivity contribution is 5.91. The number of benzene rings is 2. The van der Waals surface area contributed by atoms with E-state index in [4.69, 9.17) is 0 Å². The zero-order valence-electron chi connectivity index (χ0n) is 10.9. The van der Waals surface area contributed by atoms with E-state index in [1.165, 1.54) is 17.2 Å². The minimum Gasteiger partial charge on any atom is -0.508 e. The van der Waals surface area contributed by atoms with Gasteiger partial charge in [0.05, 0.1) is 0 Å². The van der Waals surface area contributed by atoms with Gasteiger partial charge in [0.2, 0.25) is 5.91 Å². The number of anilines is 1. The topological polar surface area (TPSA) is 49.3 Å². The largest absolute Gasteiger partial charge is 0.508 e. The lowest BCUT2D eigenvalue weighted by Crippen LogP contribution is -2.12. The maximum absolute atomic E-state index is 11.8. The summed E-state index contributed by atoms with van der Waals surface area (Å²) >= 11 is 0. The van der Waals surface area contributed by atoms with Crippen LogP contribution >= 0.6 is 0 Å². The van der Waals surface area contributed by atoms with Gasteiger partial charge < -0.3 is 10.4 Å². The van der Waals surface area contributed by atoms with Crippen molar-refractivity contribution in [3.63, 3.8) is 0 Å². The van der Waals surface area contributed by atoms with Crippen molar-refractivity contribution in [3.05, 3.63) is 59.7 Å². The minimum atomic E-state index is -0.0474. The standard InChI is InChI=1S/C16H17NO2/c1-12-5-2-3-6-13(12)9-10-16(19)17-14-7-4-8-15(18)11-14/h2-8,11,18H,9-10H2,1H3,(H,17,19). The molecule has 0 saturated heterocycles. The van der Waals surface area contributed by atoms with Gasteiger partial charge in [0.1, 0.15) is 5.75 Å². The summed E-state index contributed by atoms with van der Waals surface area (Å²) in [6.07, 6.45) is 1.15. The van der Waals surface area contributed by atoms with Gasteiger partial charge in [-0.1, -0.05) is 30.3 Å². The van der Waals surface area contributed by atoms with E-state index >= 15 is 0 Å². The van der Waals surface area contributed by atoms with Crippen molar-refractivity contribution in [2.24, 2.45) is 0 Å². The molecule has 0 heterocycles. The van der Waals surface area contributed by atoms with Crippen LogP contribution < -0.4 is 5.32 Å². The molecule has 0 fully saturated rings. The molecule has 0 saturated carbocycles. The summed E-state index contributed by atoms with van der Waals surface area (Å²) in [5, 5.41) is 12.1. The van der Waals surface area contributed by atoms with Gasteiger partial charge in [-0.15, -0.1) is 0 Å². The Balaban J connectivity index is 1.90. The molecule has 0 atom stereocenters. The normalized spacial score (nSPS) is 10.2. The van der Waals surface area contributed by atoms with Crippen molar-refractivity contribution in [1.82, 2.24) is 0 Å². The molecule has 0 aromatic heterocycles. The average Bonchev–Trinajstić information content (AvgIpc) is 2.38. The van der Waals surface area contributed by atoms with E-state index in [9.17, 15) is 9.90 Å². The third-order valence-electron chi connectivity index (χ3n) is 3.01. The van der Waals surface area contributed by atoms with E-state index in [1.807, 2.05) is 31.2 Å². The maximum Gasteiger partial charge on any atom is 0.224 e. The molecule has 2 N–H and O–H groups in total. The summed E-state index contributed by atoms with van der Waals surface area (Å²) in [5.41, 5.74) is 3.01. The molecule has 3 nitrogen and oxygen atoms in total. The van der Waals surface area contributed by atoms with Crippen LogP contribution in [0.3, 0.4) is 0 Å². The van der Waals surface area contributed by atoms with Crippen molar-refractivity contribution in [1.29, 1.82) is 0 Å². The van der Waals surface area contributed by atoms with Crippen LogP contribution in [0.5, 0.6) is 5.75 Å². The Labute approximate surface area is 112 Å². The molecule has 1 amide bonds. The Hall–Kier alpha value is -2.29. The smallest absolute Gasteiger partial charge is 0.224 e. The summed E-state index contributed by atoms with van der Waals surface area (Å²) in [7, 11) is 0. The third kappa shape index (κ3) is 3.85. The van der Waals surface area contributed by atoms with Gasteiger partial charge in [-0.25, -0.2) is 0 Å². The first-order chi connectivity index (χ1) is 9.15. The number of aromatic hydroxyl groups is 1. The lowest BCUT2D eigenvalue weighted by molar-refractivity contribution is -0.116. The molecule has 0 aliphatic heterocycles. The second-order valence-electron chi connectivity index (χ2n) is 4.52. The predicted molar refractivity (Wildman–Crippen MR) is 76.2 cm³/mol. The van der Waals surface area contributed by atoms with E-state index in [-0.39, 0.29) is 11.7 Å². The SMILES string of the molecule is Cc1ccccc1CCC(=O)Nc1cccc(O)c1. The molecule has 19 heavy (non-hydrogen) atoms. The van der Waals surface area contributed by atoms with Crippen LogP contribution in [-0.2, 0) is 11.2 Å². The van der Waals surface area contributed by atoms with Gasteiger partial charge >= 0.3 is 0 Å². The number of carbonyl (C=O) groups is 1. The summed E-state index contributed by atoms with van der Waals surface area (Å²) in [4.78, 5) is 11.8. The van der Waals surface area contributed by atoms with Crippen LogP contribution in [-0.4, -0.2) is 11.0 Å². The minimum absolute atomic E-state index is 0.0474. The number of phenolic OH excluding ortho intramolecular Hbond substituents is 1. The van der Waals surface area contributed by atoms with Crippen LogP contribution in [0, 0.1) is 6.92 Å². The molecule has 98 valence electrons. The number of aryl methyl sites for hydroxylation is 2. The van der Waals surface area contributed by atoms with E-state index in [0.29, 0.717) is 12.1 Å². The molecule has 0 bridgehead atoms. The summed E-state index contributed by atoms with van der Waals surface area (Å²) in [5.74, 6) is 0.102. The van der Waals surface area contributed by atoms with Crippen molar-refractivity contribution in [2.45, 2.75) is 19.8 Å². The second kappa shape index (κ2) is 6.05. The highest BCUT2D eigenvalue weighted by atomic mass is 16.3. The molecule has 0 aliphatic carbocycles. The van der Waals surface area contributed by atoms with Gasteiger partial charge in [0.25, 0.3) is 0 Å². The third-order valence-corrected chi connectivity index (χ3v) is 3.01. The summed E-state index contributed by atoms with van der Waals surface area (Å²) in [6.45, 7) is 2.04. The first kappa shape index (κ1) is 13.1. The van der Waals surface area contributed by atoms with E-state index < -0.39 is 0 Å². The molecule has 3 heteroatoms. The molecule has 0 aliphatic rings. The zero-order valence-corrected chi connectivity index (χ0v) is 10.9. The van der Waals surface area contributed by atoms with Gasteiger partial charge in [-0.3, -0.25) is 4.79 Å². The van der Waals surface area contributed by atoms with Crippen LogP contribution in [0.25, 0.3) is 0 Å². The van der Waals surface area contributed by atoms with Crippen molar-refractivity contribution in [2.75, 3.05) is 5.32 Å². The lowest BCUT2D eigenvalue weighted by atomic mass is 10.0. The quantitative estimate of drug-likeness (QED) is 0.880. The molecule has 0 spiro atoms. The first-order valence-electron chi connectivity index (χ1n) is 6.28. The van der Waals surface area contributed by atoms with Crippen molar-refractivity contribution < 1.29 is 9.90 Å². The Bertz CT molecular complexity index is 578. The lowest BCUT2D eigenvalue weighted by Gasteiger charge is -2.07. The molecule has 2 aromatic rings. The highest BCUT2D eigenvalue weighted by Gasteiger charge is 2.05. The first-order valence-corrected chi connectivity index (χ1v) is 6.28. The average molecular weight is 255 g/mol. The Kier molecular flexibility index (Phi) is 4.18. The molecule has 0 unspecified atom stereocenters. The fraction of sp³-hybridized carbons (Fsp3) is 0.188. The predicted octanol–water partition coefficient (Wildman–Crippen LogP) is 3.27. The molecular formula is C16H17NO2. The monoisotopic (exact) mass is 255 g/mol. The number of carbonyl (C=O) groups excluding carboxylic acids is 1. The Morgan fingerprint density at radius 3 is 2.68 bits per heavy atom. The number of amides is 1.